The predicted molar refractivity (Wildman–Crippen MR) is 121 cm³/mol. The van der Waals surface area contributed by atoms with Gasteiger partial charge in [-0.2, -0.15) is 0 Å². The van der Waals surface area contributed by atoms with E-state index >= 15 is 0 Å². The lowest BCUT2D eigenvalue weighted by molar-refractivity contribution is -0.137. The second-order valence-electron chi connectivity index (χ2n) is 7.71. The number of aryl methyl sites for hydroxylation is 1. The predicted octanol–water partition coefficient (Wildman–Crippen LogP) is 3.27. The van der Waals surface area contributed by atoms with Crippen LogP contribution in [0.5, 0.6) is 11.5 Å². The monoisotopic (exact) mass is 449 g/mol. The lowest BCUT2D eigenvalue weighted by Gasteiger charge is -2.18. The summed E-state index contributed by atoms with van der Waals surface area (Å²) in [6.45, 7) is 2.41. The number of carbonyl (C=O) groups is 2. The number of rotatable bonds is 7. The molecule has 0 radical (unpaired) electrons. The third-order valence-corrected chi connectivity index (χ3v) is 5.19. The number of amides is 2. The summed E-state index contributed by atoms with van der Waals surface area (Å²) in [4.78, 5) is 36.9. The van der Waals surface area contributed by atoms with Crippen LogP contribution in [0.4, 0.5) is 10.5 Å². The molecule has 3 aromatic rings. The summed E-state index contributed by atoms with van der Waals surface area (Å²) in [7, 11) is 0. The minimum atomic E-state index is -1.09. The van der Waals surface area contributed by atoms with Crippen molar-refractivity contribution in [3.05, 3.63) is 87.8 Å². The molecule has 0 fully saturated rings. The van der Waals surface area contributed by atoms with Crippen LogP contribution in [0.3, 0.4) is 0 Å². The molecule has 2 amide bonds. The molecular weight excluding hydrogens is 426 g/mol. The molecule has 4 rings (SSSR count). The third-order valence-electron chi connectivity index (χ3n) is 5.19. The van der Waals surface area contributed by atoms with Crippen LogP contribution in [0.25, 0.3) is 0 Å². The number of carbonyl (C=O) groups excluding carboxylic acids is 1. The van der Waals surface area contributed by atoms with Crippen molar-refractivity contribution >= 4 is 17.7 Å². The van der Waals surface area contributed by atoms with Gasteiger partial charge in [-0.3, -0.25) is 9.59 Å². The van der Waals surface area contributed by atoms with E-state index in [0.717, 1.165) is 11.1 Å². The van der Waals surface area contributed by atoms with Crippen LogP contribution in [-0.2, 0) is 11.3 Å². The van der Waals surface area contributed by atoms with Crippen LogP contribution in [0.15, 0.2) is 65.6 Å². The third kappa shape index (κ3) is 5.32. The topological polar surface area (TPSA) is 119 Å². The van der Waals surface area contributed by atoms with Gasteiger partial charge in [-0.1, -0.05) is 35.9 Å². The Morgan fingerprint density at radius 3 is 2.70 bits per heavy atom. The summed E-state index contributed by atoms with van der Waals surface area (Å²) < 4.78 is 12.1. The number of aromatic nitrogens is 1. The Morgan fingerprint density at radius 1 is 1.09 bits per heavy atom. The van der Waals surface area contributed by atoms with Gasteiger partial charge in [0.1, 0.15) is 5.69 Å². The smallest absolute Gasteiger partial charge is 0.319 e. The zero-order valence-electron chi connectivity index (χ0n) is 17.9. The number of fused-ring (bicyclic) bond motifs is 1. The van der Waals surface area contributed by atoms with Gasteiger partial charge in [0.05, 0.1) is 19.0 Å². The fourth-order valence-electron chi connectivity index (χ4n) is 3.64. The van der Waals surface area contributed by atoms with E-state index in [1.165, 1.54) is 10.6 Å². The van der Waals surface area contributed by atoms with E-state index < -0.39 is 18.0 Å². The first-order chi connectivity index (χ1) is 15.9. The highest BCUT2D eigenvalue weighted by Gasteiger charge is 2.22. The number of nitrogens with zero attached hydrogens (tertiary/aromatic N) is 1. The molecule has 0 aliphatic carbocycles. The van der Waals surface area contributed by atoms with Crippen LogP contribution in [0.2, 0.25) is 0 Å². The molecule has 1 aliphatic rings. The number of carboxylic acids is 1. The first-order valence-electron chi connectivity index (χ1n) is 10.3. The summed E-state index contributed by atoms with van der Waals surface area (Å²) in [5.41, 5.74) is 2.31. The molecule has 0 saturated heterocycles. The molecule has 1 aliphatic heterocycles. The number of ether oxygens (including phenoxy) is 2. The van der Waals surface area contributed by atoms with Crippen LogP contribution >= 0.6 is 0 Å². The highest BCUT2D eigenvalue weighted by molar-refractivity contribution is 5.89. The number of benzene rings is 2. The van der Waals surface area contributed by atoms with Crippen molar-refractivity contribution in [2.75, 3.05) is 12.1 Å². The summed E-state index contributed by atoms with van der Waals surface area (Å²) in [5, 5.41) is 14.5. The highest BCUT2D eigenvalue weighted by atomic mass is 16.7. The molecule has 1 atom stereocenters. The maximum Gasteiger partial charge on any atom is 0.319 e. The number of carboxylic acid groups (broad SMARTS) is 1. The quantitative estimate of drug-likeness (QED) is 0.509. The minimum Gasteiger partial charge on any atom is -0.481 e. The molecule has 33 heavy (non-hydrogen) atoms. The van der Waals surface area contributed by atoms with Gasteiger partial charge in [-0.15, -0.1) is 0 Å². The van der Waals surface area contributed by atoms with Gasteiger partial charge in [0.2, 0.25) is 6.79 Å². The average molecular weight is 449 g/mol. The first-order valence-corrected chi connectivity index (χ1v) is 10.3. The van der Waals surface area contributed by atoms with Crippen molar-refractivity contribution in [3.8, 4) is 11.5 Å². The van der Waals surface area contributed by atoms with E-state index in [1.807, 2.05) is 31.2 Å². The Kier molecular flexibility index (Phi) is 6.30. The van der Waals surface area contributed by atoms with Gasteiger partial charge < -0.3 is 29.8 Å². The molecule has 0 spiro atoms. The standard InChI is InChI=1S/C24H23N3O6/c1-15-4-2-5-16(10-15)13-27-9-3-6-18(23(27)30)25-24(31)26-19(12-22(28)29)17-7-8-20-21(11-17)33-14-32-20/h2-11,19H,12-14H2,1H3,(H,28,29)(H2,25,26,31). The summed E-state index contributed by atoms with van der Waals surface area (Å²) in [6, 6.07) is 14.4. The van der Waals surface area contributed by atoms with Crippen molar-refractivity contribution < 1.29 is 24.2 Å². The SMILES string of the molecule is Cc1cccc(Cn2cccc(NC(=O)NC(CC(=O)O)c3ccc4c(c3)OCO4)c2=O)c1. The number of anilines is 1. The lowest BCUT2D eigenvalue weighted by atomic mass is 10.0. The molecule has 9 heteroatoms. The number of urea groups is 1. The summed E-state index contributed by atoms with van der Waals surface area (Å²) >= 11 is 0. The van der Waals surface area contributed by atoms with E-state index in [0.29, 0.717) is 23.6 Å². The Balaban J connectivity index is 1.49. The molecule has 3 N–H and O–H groups in total. The van der Waals surface area contributed by atoms with Crippen molar-refractivity contribution in [2.45, 2.75) is 25.9 Å². The normalized spacial score (nSPS) is 12.8. The number of pyridine rings is 1. The molecule has 0 bridgehead atoms. The van der Waals surface area contributed by atoms with Crippen LogP contribution in [0.1, 0.15) is 29.2 Å². The Labute approximate surface area is 189 Å². The maximum absolute atomic E-state index is 12.9. The fourth-order valence-corrected chi connectivity index (χ4v) is 3.64. The molecule has 2 heterocycles. The highest BCUT2D eigenvalue weighted by Crippen LogP contribution is 2.34. The van der Waals surface area contributed by atoms with Gasteiger partial charge in [0.15, 0.2) is 11.5 Å². The van der Waals surface area contributed by atoms with Gasteiger partial charge in [-0.25, -0.2) is 4.79 Å². The molecular formula is C24H23N3O6. The number of aliphatic carboxylic acids is 1. The molecule has 1 unspecified atom stereocenters. The summed E-state index contributed by atoms with van der Waals surface area (Å²) in [6.07, 6.45) is 1.30. The molecule has 9 nitrogen and oxygen atoms in total. The van der Waals surface area contributed by atoms with Crippen LogP contribution in [0, 0.1) is 6.92 Å². The van der Waals surface area contributed by atoms with Crippen LogP contribution in [-0.4, -0.2) is 28.5 Å². The molecule has 0 saturated carbocycles. The number of hydrogen-bond acceptors (Lipinski definition) is 5. The Hall–Kier alpha value is -4.27. The number of hydrogen-bond donors (Lipinski definition) is 3. The zero-order valence-corrected chi connectivity index (χ0v) is 17.9. The minimum absolute atomic E-state index is 0.0825. The van der Waals surface area contributed by atoms with E-state index in [-0.39, 0.29) is 24.5 Å². The zero-order chi connectivity index (χ0) is 23.4. The molecule has 170 valence electrons. The van der Waals surface area contributed by atoms with Crippen molar-refractivity contribution in [1.82, 2.24) is 9.88 Å². The summed E-state index contributed by atoms with van der Waals surface area (Å²) in [5.74, 6) is -0.0545. The second-order valence-corrected chi connectivity index (χ2v) is 7.71. The maximum atomic E-state index is 12.9. The fraction of sp³-hybridized carbons (Fsp3) is 0.208. The molecule has 1 aromatic heterocycles. The van der Waals surface area contributed by atoms with E-state index in [2.05, 4.69) is 10.6 Å². The van der Waals surface area contributed by atoms with Crippen molar-refractivity contribution in [1.29, 1.82) is 0 Å². The Morgan fingerprint density at radius 2 is 1.91 bits per heavy atom. The van der Waals surface area contributed by atoms with Crippen molar-refractivity contribution in [2.24, 2.45) is 0 Å². The average Bonchev–Trinajstić information content (AvgIpc) is 3.24. The van der Waals surface area contributed by atoms with E-state index in [4.69, 9.17) is 9.47 Å². The van der Waals surface area contributed by atoms with Gasteiger partial charge in [0.25, 0.3) is 5.56 Å². The molecule has 2 aromatic carbocycles. The lowest BCUT2D eigenvalue weighted by Crippen LogP contribution is -2.36. The second kappa shape index (κ2) is 9.47. The van der Waals surface area contributed by atoms with E-state index in [1.54, 1.807) is 30.5 Å². The first kappa shape index (κ1) is 21.9. The van der Waals surface area contributed by atoms with Gasteiger partial charge in [-0.05, 0) is 42.3 Å². The van der Waals surface area contributed by atoms with Gasteiger partial charge >= 0.3 is 12.0 Å². The van der Waals surface area contributed by atoms with E-state index in [9.17, 15) is 19.5 Å². The van der Waals surface area contributed by atoms with Gasteiger partial charge in [0, 0.05) is 6.20 Å². The number of nitrogens with one attached hydrogen (secondary N) is 2. The largest absolute Gasteiger partial charge is 0.481 e. The Bertz CT molecular complexity index is 1250. The van der Waals surface area contributed by atoms with Crippen LogP contribution < -0.4 is 25.7 Å². The van der Waals surface area contributed by atoms with Crippen molar-refractivity contribution in [3.63, 3.8) is 0 Å².